The van der Waals surface area contributed by atoms with E-state index in [9.17, 15) is 4.79 Å². The monoisotopic (exact) mass is 423 g/mol. The summed E-state index contributed by atoms with van der Waals surface area (Å²) >= 11 is 7.62. The van der Waals surface area contributed by atoms with Gasteiger partial charge < -0.3 is 10.1 Å². The second-order valence-corrected chi connectivity index (χ2v) is 7.54. The minimum atomic E-state index is -0.192. The van der Waals surface area contributed by atoms with Crippen molar-refractivity contribution in [2.45, 2.75) is 13.2 Å². The van der Waals surface area contributed by atoms with Gasteiger partial charge in [-0.3, -0.25) is 9.20 Å². The maximum absolute atomic E-state index is 12.1. The van der Waals surface area contributed by atoms with Gasteiger partial charge in [-0.15, -0.1) is 11.3 Å². The molecule has 0 aliphatic rings. The lowest BCUT2D eigenvalue weighted by molar-refractivity contribution is -0.116. The Bertz CT molecular complexity index is 1130. The highest BCUT2D eigenvalue weighted by molar-refractivity contribution is 7.15. The van der Waals surface area contributed by atoms with Gasteiger partial charge in [0.25, 0.3) is 0 Å². The lowest BCUT2D eigenvalue weighted by atomic mass is 10.1. The molecule has 0 radical (unpaired) electrons. The fraction of sp³-hybridized carbons (Fsp3) is 0.0909. The van der Waals surface area contributed by atoms with E-state index in [1.807, 2.05) is 70.6 Å². The summed E-state index contributed by atoms with van der Waals surface area (Å²) in [5, 5.41) is 5.18. The van der Waals surface area contributed by atoms with Crippen molar-refractivity contribution in [3.05, 3.63) is 94.2 Å². The largest absolute Gasteiger partial charge is 0.489 e. The van der Waals surface area contributed by atoms with Gasteiger partial charge >= 0.3 is 0 Å². The van der Waals surface area contributed by atoms with Crippen molar-refractivity contribution in [3.8, 4) is 5.75 Å². The third-order valence-electron chi connectivity index (χ3n) is 4.29. The van der Waals surface area contributed by atoms with E-state index in [0.29, 0.717) is 24.0 Å². The summed E-state index contributed by atoms with van der Waals surface area (Å²) in [7, 11) is 0. The molecule has 29 heavy (non-hydrogen) atoms. The molecule has 2 heterocycles. The van der Waals surface area contributed by atoms with Crippen LogP contribution in [0.15, 0.2) is 72.3 Å². The Morgan fingerprint density at radius 3 is 2.69 bits per heavy atom. The van der Waals surface area contributed by atoms with E-state index >= 15 is 0 Å². The van der Waals surface area contributed by atoms with Crippen molar-refractivity contribution in [1.82, 2.24) is 14.7 Å². The Labute approximate surface area is 177 Å². The van der Waals surface area contributed by atoms with E-state index in [0.717, 1.165) is 21.8 Å². The van der Waals surface area contributed by atoms with Crippen LogP contribution in [0.3, 0.4) is 0 Å². The highest BCUT2D eigenvalue weighted by Crippen LogP contribution is 2.22. The number of amides is 1. The zero-order valence-electron chi connectivity index (χ0n) is 15.4. The molecule has 0 saturated heterocycles. The van der Waals surface area contributed by atoms with Crippen LogP contribution >= 0.6 is 22.9 Å². The van der Waals surface area contributed by atoms with Gasteiger partial charge in [-0.05, 0) is 29.3 Å². The second-order valence-electron chi connectivity index (χ2n) is 6.31. The molecular formula is C22H18ClN3O2S. The number of imidazole rings is 1. The Balaban J connectivity index is 1.29. The second kappa shape index (κ2) is 8.94. The van der Waals surface area contributed by atoms with Crippen molar-refractivity contribution in [2.75, 3.05) is 0 Å². The lowest BCUT2D eigenvalue weighted by Gasteiger charge is -2.07. The Kier molecular flexibility index (Phi) is 5.93. The number of benzene rings is 2. The molecular weight excluding hydrogens is 406 g/mol. The Hall–Kier alpha value is -3.09. The maximum Gasteiger partial charge on any atom is 0.244 e. The normalized spacial score (nSPS) is 11.2. The average Bonchev–Trinajstić information content (AvgIpc) is 3.31. The third-order valence-corrected chi connectivity index (χ3v) is 5.32. The third kappa shape index (κ3) is 4.85. The number of carbonyl (C=O) groups excluding carboxylic acids is 1. The number of hydrogen-bond donors (Lipinski definition) is 1. The zero-order valence-corrected chi connectivity index (χ0v) is 17.0. The van der Waals surface area contributed by atoms with E-state index < -0.39 is 0 Å². The molecule has 5 nitrogen and oxygen atoms in total. The number of thiazole rings is 1. The summed E-state index contributed by atoms with van der Waals surface area (Å²) < 4.78 is 7.59. The van der Waals surface area contributed by atoms with E-state index in [2.05, 4.69) is 10.3 Å². The number of nitrogens with zero attached hydrogens (tertiary/aromatic N) is 2. The van der Waals surface area contributed by atoms with E-state index in [4.69, 9.17) is 16.3 Å². The van der Waals surface area contributed by atoms with E-state index in [1.54, 1.807) is 6.08 Å². The molecule has 1 amide bonds. The first kappa shape index (κ1) is 19.2. The van der Waals surface area contributed by atoms with Gasteiger partial charge in [0.2, 0.25) is 5.91 Å². The van der Waals surface area contributed by atoms with Gasteiger partial charge in [0, 0.05) is 24.2 Å². The fourth-order valence-corrected chi connectivity index (χ4v) is 3.77. The van der Waals surface area contributed by atoms with E-state index in [-0.39, 0.29) is 5.91 Å². The van der Waals surface area contributed by atoms with Gasteiger partial charge in [-0.1, -0.05) is 54.1 Å². The molecule has 4 rings (SSSR count). The molecule has 2 aromatic carbocycles. The number of halogens is 1. The number of rotatable bonds is 7. The first-order valence-corrected chi connectivity index (χ1v) is 10.3. The minimum absolute atomic E-state index is 0.192. The number of aromatic nitrogens is 2. The molecule has 2 aromatic heterocycles. The summed E-state index contributed by atoms with van der Waals surface area (Å²) in [4.78, 5) is 17.2. The van der Waals surface area contributed by atoms with Gasteiger partial charge in [-0.25, -0.2) is 4.98 Å². The summed E-state index contributed by atoms with van der Waals surface area (Å²) in [6.45, 7) is 0.944. The van der Waals surface area contributed by atoms with Gasteiger partial charge in [0.05, 0.1) is 5.69 Å². The molecule has 0 aliphatic carbocycles. The number of ether oxygens (including phenoxy) is 1. The number of fused-ring (bicyclic) bond motifs is 1. The molecule has 0 unspecified atom stereocenters. The van der Waals surface area contributed by atoms with E-state index in [1.165, 1.54) is 17.4 Å². The predicted octanol–water partition coefficient (Wildman–Crippen LogP) is 4.96. The van der Waals surface area contributed by atoms with Crippen LogP contribution in [0, 0.1) is 0 Å². The molecule has 0 aliphatic heterocycles. The summed E-state index contributed by atoms with van der Waals surface area (Å²) in [6, 6.07) is 17.7. The van der Waals surface area contributed by atoms with Gasteiger partial charge in [-0.2, -0.15) is 0 Å². The summed E-state index contributed by atoms with van der Waals surface area (Å²) in [5.74, 6) is 0.649. The fourth-order valence-electron chi connectivity index (χ4n) is 2.77. The van der Waals surface area contributed by atoms with Crippen molar-refractivity contribution in [2.24, 2.45) is 0 Å². The molecule has 0 atom stereocenters. The topological polar surface area (TPSA) is 55.6 Å². The van der Waals surface area contributed by atoms with Crippen molar-refractivity contribution in [1.29, 1.82) is 0 Å². The number of hydrogen-bond acceptors (Lipinski definition) is 4. The standard InChI is InChI=1S/C22H18ClN3O2S/c23-21-19(26-12-13-29-22(26)25-21)10-11-20(27)24-14-16-6-8-17(9-7-16)15-28-18-4-2-1-3-5-18/h1-13H,14-15H2,(H,24,27)/b11-10+. The first-order valence-electron chi connectivity index (χ1n) is 9.02. The maximum atomic E-state index is 12.1. The van der Waals surface area contributed by atoms with Crippen LogP contribution in [0.4, 0.5) is 0 Å². The summed E-state index contributed by atoms with van der Waals surface area (Å²) in [5.41, 5.74) is 2.78. The highest BCUT2D eigenvalue weighted by Gasteiger charge is 2.08. The molecule has 0 bridgehead atoms. The van der Waals surface area contributed by atoms with Crippen LogP contribution < -0.4 is 10.1 Å². The average molecular weight is 424 g/mol. The Morgan fingerprint density at radius 1 is 1.14 bits per heavy atom. The lowest BCUT2D eigenvalue weighted by Crippen LogP contribution is -2.20. The summed E-state index contributed by atoms with van der Waals surface area (Å²) in [6.07, 6.45) is 5.02. The minimum Gasteiger partial charge on any atom is -0.489 e. The quantitative estimate of drug-likeness (QED) is 0.427. The molecule has 1 N–H and O–H groups in total. The zero-order chi connectivity index (χ0) is 20.1. The van der Waals surface area contributed by atoms with Gasteiger partial charge in [0.1, 0.15) is 12.4 Å². The molecule has 0 saturated carbocycles. The molecule has 0 spiro atoms. The SMILES string of the molecule is O=C(/C=C/c1c(Cl)nc2sccn12)NCc1ccc(COc2ccccc2)cc1. The van der Waals surface area contributed by atoms with Crippen LogP contribution in [0.2, 0.25) is 5.15 Å². The first-order chi connectivity index (χ1) is 14.2. The molecule has 0 fully saturated rings. The number of nitrogens with one attached hydrogen (secondary N) is 1. The number of para-hydroxylation sites is 1. The van der Waals surface area contributed by atoms with Crippen LogP contribution in [0.5, 0.6) is 5.75 Å². The van der Waals surface area contributed by atoms with Crippen LogP contribution in [-0.2, 0) is 17.9 Å². The van der Waals surface area contributed by atoms with Crippen molar-refractivity contribution in [3.63, 3.8) is 0 Å². The van der Waals surface area contributed by atoms with Gasteiger partial charge in [0.15, 0.2) is 10.1 Å². The molecule has 7 heteroatoms. The van der Waals surface area contributed by atoms with Crippen molar-refractivity contribution < 1.29 is 9.53 Å². The van der Waals surface area contributed by atoms with Crippen LogP contribution in [-0.4, -0.2) is 15.3 Å². The molecule has 146 valence electrons. The predicted molar refractivity (Wildman–Crippen MR) is 116 cm³/mol. The van der Waals surface area contributed by atoms with Crippen LogP contribution in [0.25, 0.3) is 11.0 Å². The smallest absolute Gasteiger partial charge is 0.244 e. The highest BCUT2D eigenvalue weighted by atomic mass is 35.5. The van der Waals surface area contributed by atoms with Crippen molar-refractivity contribution >= 4 is 39.9 Å². The Morgan fingerprint density at radius 2 is 1.90 bits per heavy atom. The molecule has 4 aromatic rings. The van der Waals surface area contributed by atoms with Crippen LogP contribution in [0.1, 0.15) is 16.8 Å². The number of carbonyl (C=O) groups is 1.